The number of rotatable bonds is 2. The standard InChI is InChI=1S/C18H19N3O2S2/c19-21-16(22)9-3-1-8(2-4-9)12-13-10-5-6-11(7-10)14(13)24-17-15(12)25-18(23)20-17/h1-4,10-14H,5-7,19H2,(H,20,23)(H,21,22). The first-order valence-corrected chi connectivity index (χ1v) is 10.4. The Kier molecular flexibility index (Phi) is 3.59. The van der Waals surface area contributed by atoms with Gasteiger partial charge in [-0.1, -0.05) is 23.5 Å². The maximum absolute atomic E-state index is 12.0. The first-order chi connectivity index (χ1) is 12.2. The van der Waals surface area contributed by atoms with E-state index in [0.29, 0.717) is 16.7 Å². The molecule has 5 atom stereocenters. The number of nitrogens with two attached hydrogens (primary N) is 1. The fourth-order valence-electron chi connectivity index (χ4n) is 5.15. The molecular formula is C18H19N3O2S2. The van der Waals surface area contributed by atoms with Crippen LogP contribution in [0, 0.1) is 17.8 Å². The molecule has 1 aliphatic heterocycles. The average Bonchev–Trinajstić information content (AvgIpc) is 3.33. The number of benzene rings is 1. The second-order valence-electron chi connectivity index (χ2n) is 7.27. The lowest BCUT2D eigenvalue weighted by Crippen LogP contribution is -2.33. The van der Waals surface area contributed by atoms with Crippen molar-refractivity contribution in [2.45, 2.75) is 35.5 Å². The Morgan fingerprint density at radius 3 is 2.72 bits per heavy atom. The van der Waals surface area contributed by atoms with Crippen molar-refractivity contribution in [3.63, 3.8) is 0 Å². The highest BCUT2D eigenvalue weighted by molar-refractivity contribution is 8.00. The van der Waals surface area contributed by atoms with Crippen LogP contribution in [-0.4, -0.2) is 16.1 Å². The van der Waals surface area contributed by atoms with E-state index in [1.165, 1.54) is 41.0 Å². The third-order valence-electron chi connectivity index (χ3n) is 6.13. The first kappa shape index (κ1) is 15.7. The largest absolute Gasteiger partial charge is 0.307 e. The number of aromatic nitrogens is 1. The van der Waals surface area contributed by atoms with E-state index in [-0.39, 0.29) is 16.7 Å². The van der Waals surface area contributed by atoms with Gasteiger partial charge in [0.2, 0.25) is 0 Å². The van der Waals surface area contributed by atoms with Crippen molar-refractivity contribution < 1.29 is 4.79 Å². The SMILES string of the molecule is NNC(=O)c1ccc(C2c3sc(=O)[nH]c3SC3C4CCC(C4)C23)cc1. The van der Waals surface area contributed by atoms with Gasteiger partial charge >= 0.3 is 4.87 Å². The van der Waals surface area contributed by atoms with Crippen molar-refractivity contribution in [1.29, 1.82) is 0 Å². The average molecular weight is 374 g/mol. The van der Waals surface area contributed by atoms with Gasteiger partial charge in [-0.25, -0.2) is 5.84 Å². The number of nitrogens with one attached hydrogen (secondary N) is 2. The first-order valence-electron chi connectivity index (χ1n) is 8.66. The zero-order valence-electron chi connectivity index (χ0n) is 13.5. The molecule has 2 saturated carbocycles. The van der Waals surface area contributed by atoms with Gasteiger partial charge in [0, 0.05) is 21.6 Å². The Morgan fingerprint density at radius 2 is 1.96 bits per heavy atom. The molecule has 2 fully saturated rings. The molecule has 2 aliphatic carbocycles. The minimum absolute atomic E-state index is 0.0361. The number of nitrogen functional groups attached to an aromatic ring is 1. The summed E-state index contributed by atoms with van der Waals surface area (Å²) in [5, 5.41) is 1.67. The molecule has 1 aromatic carbocycles. The summed E-state index contributed by atoms with van der Waals surface area (Å²) in [6, 6.07) is 7.72. The summed E-state index contributed by atoms with van der Waals surface area (Å²) in [5.74, 6) is 7.33. The number of hydrazine groups is 1. The Morgan fingerprint density at radius 1 is 1.20 bits per heavy atom. The molecule has 25 heavy (non-hydrogen) atoms. The van der Waals surface area contributed by atoms with Gasteiger partial charge in [-0.2, -0.15) is 0 Å². The van der Waals surface area contributed by atoms with Gasteiger partial charge in [0.15, 0.2) is 0 Å². The fraction of sp³-hybridized carbons (Fsp3) is 0.444. The van der Waals surface area contributed by atoms with E-state index in [9.17, 15) is 9.59 Å². The van der Waals surface area contributed by atoms with E-state index < -0.39 is 0 Å². The highest BCUT2D eigenvalue weighted by Crippen LogP contribution is 2.63. The van der Waals surface area contributed by atoms with Gasteiger partial charge in [0.05, 0.1) is 5.03 Å². The van der Waals surface area contributed by atoms with Crippen LogP contribution in [0.5, 0.6) is 0 Å². The molecular weight excluding hydrogens is 354 g/mol. The lowest BCUT2D eigenvalue weighted by molar-refractivity contribution is 0.0953. The van der Waals surface area contributed by atoms with E-state index in [1.54, 1.807) is 0 Å². The summed E-state index contributed by atoms with van der Waals surface area (Å²) >= 11 is 3.25. The smallest absolute Gasteiger partial charge is 0.305 e. The second kappa shape index (κ2) is 5.72. The number of hydrogen-bond donors (Lipinski definition) is 3. The van der Waals surface area contributed by atoms with Gasteiger partial charge in [0.25, 0.3) is 5.91 Å². The number of carbonyl (C=O) groups excluding carboxylic acids is 1. The lowest BCUT2D eigenvalue weighted by atomic mass is 9.75. The maximum atomic E-state index is 12.0. The molecule has 5 nitrogen and oxygen atoms in total. The van der Waals surface area contributed by atoms with Crippen molar-refractivity contribution >= 4 is 29.0 Å². The zero-order valence-corrected chi connectivity index (χ0v) is 15.2. The second-order valence-corrected chi connectivity index (χ2v) is 9.48. The molecule has 2 heterocycles. The molecule has 0 radical (unpaired) electrons. The summed E-state index contributed by atoms with van der Waals surface area (Å²) in [6.45, 7) is 0. The number of fused-ring (bicyclic) bond motifs is 6. The summed E-state index contributed by atoms with van der Waals surface area (Å²) in [5.41, 5.74) is 3.93. The van der Waals surface area contributed by atoms with Crippen LogP contribution in [0.1, 0.15) is 46.0 Å². The van der Waals surface area contributed by atoms with E-state index in [0.717, 1.165) is 16.9 Å². The van der Waals surface area contributed by atoms with Gasteiger partial charge in [-0.15, -0.1) is 11.8 Å². The summed E-state index contributed by atoms with van der Waals surface area (Å²) in [4.78, 5) is 28.0. The van der Waals surface area contributed by atoms with Crippen LogP contribution in [-0.2, 0) is 0 Å². The van der Waals surface area contributed by atoms with E-state index >= 15 is 0 Å². The number of thioether (sulfide) groups is 1. The third kappa shape index (κ3) is 2.33. The van der Waals surface area contributed by atoms with Gasteiger partial charge < -0.3 is 4.98 Å². The molecule has 130 valence electrons. The minimum atomic E-state index is -0.282. The molecule has 1 amide bonds. The normalized spacial score (nSPS) is 32.3. The number of hydrogen-bond acceptors (Lipinski definition) is 5. The van der Waals surface area contributed by atoms with Crippen LogP contribution in [0.25, 0.3) is 0 Å². The summed E-state index contributed by atoms with van der Waals surface area (Å²) < 4.78 is 0. The lowest BCUT2D eigenvalue weighted by Gasteiger charge is -2.40. The number of amides is 1. The third-order valence-corrected chi connectivity index (χ3v) is 8.75. The fourth-order valence-corrected chi connectivity index (χ4v) is 8.04. The summed E-state index contributed by atoms with van der Waals surface area (Å²) in [7, 11) is 0. The van der Waals surface area contributed by atoms with Gasteiger partial charge in [-0.05, 0) is 54.7 Å². The molecule has 0 saturated heterocycles. The van der Waals surface area contributed by atoms with E-state index in [2.05, 4.69) is 10.4 Å². The molecule has 1 aromatic heterocycles. The highest BCUT2D eigenvalue weighted by Gasteiger charge is 2.54. The van der Waals surface area contributed by atoms with Gasteiger partial charge in [-0.3, -0.25) is 15.0 Å². The molecule has 2 aromatic rings. The molecule has 3 aliphatic rings. The van der Waals surface area contributed by atoms with Crippen LogP contribution in [0.2, 0.25) is 0 Å². The predicted molar refractivity (Wildman–Crippen MR) is 98.8 cm³/mol. The van der Waals surface area contributed by atoms with E-state index in [4.69, 9.17) is 5.84 Å². The zero-order chi connectivity index (χ0) is 17.1. The Balaban J connectivity index is 1.60. The van der Waals surface area contributed by atoms with Crippen LogP contribution in [0.4, 0.5) is 0 Å². The Labute approximate surface area is 153 Å². The molecule has 2 bridgehead atoms. The van der Waals surface area contributed by atoms with E-state index in [1.807, 2.05) is 36.0 Å². The quantitative estimate of drug-likeness (QED) is 0.429. The topological polar surface area (TPSA) is 88.0 Å². The number of carbonyl (C=O) groups is 1. The summed E-state index contributed by atoms with van der Waals surface area (Å²) in [6.07, 6.45) is 3.96. The van der Waals surface area contributed by atoms with Crippen molar-refractivity contribution in [2.24, 2.45) is 23.6 Å². The molecule has 7 heteroatoms. The molecule has 4 N–H and O–H groups in total. The van der Waals surface area contributed by atoms with Crippen molar-refractivity contribution in [3.05, 3.63) is 49.9 Å². The van der Waals surface area contributed by atoms with Crippen molar-refractivity contribution in [1.82, 2.24) is 10.4 Å². The molecule has 5 unspecified atom stereocenters. The van der Waals surface area contributed by atoms with Crippen LogP contribution in [0.15, 0.2) is 34.1 Å². The Bertz CT molecular complexity index is 888. The van der Waals surface area contributed by atoms with Crippen LogP contribution in [0.3, 0.4) is 0 Å². The number of thiazole rings is 1. The van der Waals surface area contributed by atoms with Crippen molar-refractivity contribution in [2.75, 3.05) is 0 Å². The predicted octanol–water partition coefficient (Wildman–Crippen LogP) is 2.69. The molecule has 0 spiro atoms. The minimum Gasteiger partial charge on any atom is -0.307 e. The van der Waals surface area contributed by atoms with Gasteiger partial charge in [0.1, 0.15) is 0 Å². The number of aromatic amines is 1. The molecule has 5 rings (SSSR count). The van der Waals surface area contributed by atoms with Crippen LogP contribution < -0.4 is 16.1 Å². The Hall–Kier alpha value is -1.57. The van der Waals surface area contributed by atoms with Crippen LogP contribution >= 0.6 is 23.1 Å². The number of H-pyrrole nitrogens is 1. The highest BCUT2D eigenvalue weighted by atomic mass is 32.2. The van der Waals surface area contributed by atoms with Crippen molar-refractivity contribution in [3.8, 4) is 0 Å². The maximum Gasteiger partial charge on any atom is 0.305 e. The monoisotopic (exact) mass is 373 g/mol.